The zero-order chi connectivity index (χ0) is 13.7. The van der Waals surface area contributed by atoms with Gasteiger partial charge in [0.15, 0.2) is 5.82 Å². The molecule has 98 valence electrons. The van der Waals surface area contributed by atoms with Crippen LogP contribution in [-0.4, -0.2) is 21.9 Å². The average Bonchev–Trinajstić information content (AvgIpc) is 2.92. The lowest BCUT2D eigenvalue weighted by Crippen LogP contribution is -2.08. The van der Waals surface area contributed by atoms with Crippen molar-refractivity contribution in [2.75, 3.05) is 12.4 Å². The lowest BCUT2D eigenvalue weighted by Gasteiger charge is -2.10. The minimum atomic E-state index is 0.510. The summed E-state index contributed by atoms with van der Waals surface area (Å²) in [6.45, 7) is 3.35. The number of nitriles is 1. The summed E-state index contributed by atoms with van der Waals surface area (Å²) in [6.07, 6.45) is 1.69. The Hall–Kier alpha value is -2.55. The predicted octanol–water partition coefficient (Wildman–Crippen LogP) is 1.79. The number of hydrogen-bond donors (Lipinski definition) is 1. The Morgan fingerprint density at radius 2 is 2.32 bits per heavy atom. The molecule has 0 aliphatic carbocycles. The van der Waals surface area contributed by atoms with Gasteiger partial charge in [0.25, 0.3) is 0 Å². The summed E-state index contributed by atoms with van der Waals surface area (Å²) >= 11 is 0. The minimum Gasteiger partial charge on any atom is -0.497 e. The molecule has 6 heteroatoms. The van der Waals surface area contributed by atoms with Gasteiger partial charge < -0.3 is 14.6 Å². The largest absolute Gasteiger partial charge is 0.497 e. The van der Waals surface area contributed by atoms with Crippen LogP contribution in [-0.2, 0) is 13.1 Å². The van der Waals surface area contributed by atoms with Crippen LogP contribution in [0.15, 0.2) is 24.5 Å². The molecule has 0 saturated carbocycles. The normalized spacial score (nSPS) is 9.95. The van der Waals surface area contributed by atoms with Gasteiger partial charge in [-0.2, -0.15) is 5.26 Å². The average molecular weight is 257 g/mol. The topological polar surface area (TPSA) is 75.8 Å². The molecule has 19 heavy (non-hydrogen) atoms. The minimum absolute atomic E-state index is 0.510. The van der Waals surface area contributed by atoms with Gasteiger partial charge in [-0.3, -0.25) is 0 Å². The van der Waals surface area contributed by atoms with E-state index in [0.29, 0.717) is 17.9 Å². The molecule has 2 aromatic rings. The van der Waals surface area contributed by atoms with Gasteiger partial charge in [-0.05, 0) is 19.1 Å². The van der Waals surface area contributed by atoms with E-state index < -0.39 is 0 Å². The summed E-state index contributed by atoms with van der Waals surface area (Å²) in [5, 5.41) is 20.2. The Kier molecular flexibility index (Phi) is 3.98. The van der Waals surface area contributed by atoms with Crippen molar-refractivity contribution in [3.63, 3.8) is 0 Å². The maximum atomic E-state index is 9.08. The van der Waals surface area contributed by atoms with Crippen LogP contribution in [0.2, 0.25) is 0 Å². The van der Waals surface area contributed by atoms with Crippen LogP contribution in [0.4, 0.5) is 5.69 Å². The molecule has 1 aromatic heterocycles. The van der Waals surface area contributed by atoms with E-state index in [4.69, 9.17) is 10.00 Å². The summed E-state index contributed by atoms with van der Waals surface area (Å²) in [5.74, 6) is 1.53. The number of benzene rings is 1. The molecule has 0 unspecified atom stereocenters. The Morgan fingerprint density at radius 3 is 3.00 bits per heavy atom. The quantitative estimate of drug-likeness (QED) is 0.883. The maximum absolute atomic E-state index is 9.08. The van der Waals surface area contributed by atoms with E-state index in [9.17, 15) is 0 Å². The number of nitrogens with zero attached hydrogens (tertiary/aromatic N) is 4. The van der Waals surface area contributed by atoms with Crippen molar-refractivity contribution in [2.45, 2.75) is 20.0 Å². The smallest absolute Gasteiger partial charge is 0.152 e. The van der Waals surface area contributed by atoms with E-state index in [2.05, 4.69) is 21.6 Å². The van der Waals surface area contributed by atoms with Crippen molar-refractivity contribution in [3.05, 3.63) is 35.9 Å². The predicted molar refractivity (Wildman–Crippen MR) is 70.7 cm³/mol. The van der Waals surface area contributed by atoms with Gasteiger partial charge >= 0.3 is 0 Å². The Labute approximate surface area is 111 Å². The Bertz CT molecular complexity index is 599. The zero-order valence-corrected chi connectivity index (χ0v) is 10.9. The third-order valence-corrected chi connectivity index (χ3v) is 2.82. The van der Waals surface area contributed by atoms with Crippen molar-refractivity contribution in [3.8, 4) is 11.8 Å². The third kappa shape index (κ3) is 2.83. The van der Waals surface area contributed by atoms with Crippen LogP contribution >= 0.6 is 0 Å². The number of methoxy groups -OCH3 is 1. The fraction of sp³-hybridized carbons (Fsp3) is 0.308. The van der Waals surface area contributed by atoms with E-state index in [1.807, 2.05) is 11.5 Å². The second kappa shape index (κ2) is 5.87. The first-order chi connectivity index (χ1) is 9.28. The van der Waals surface area contributed by atoms with Crippen molar-refractivity contribution < 1.29 is 4.74 Å². The lowest BCUT2D eigenvalue weighted by atomic mass is 10.2. The third-order valence-electron chi connectivity index (χ3n) is 2.82. The molecule has 0 amide bonds. The highest BCUT2D eigenvalue weighted by Crippen LogP contribution is 2.22. The van der Waals surface area contributed by atoms with E-state index in [0.717, 1.165) is 18.1 Å². The summed E-state index contributed by atoms with van der Waals surface area (Å²) in [4.78, 5) is 0. The second-order valence-electron chi connectivity index (χ2n) is 3.91. The lowest BCUT2D eigenvalue weighted by molar-refractivity contribution is 0.415. The molecule has 0 radical (unpaired) electrons. The number of ether oxygens (including phenoxy) is 1. The van der Waals surface area contributed by atoms with Gasteiger partial charge in [-0.15, -0.1) is 10.2 Å². The molecular formula is C13H15N5O. The van der Waals surface area contributed by atoms with Crippen molar-refractivity contribution in [1.82, 2.24) is 14.8 Å². The van der Waals surface area contributed by atoms with Crippen LogP contribution in [0.1, 0.15) is 18.3 Å². The van der Waals surface area contributed by atoms with Crippen LogP contribution in [0.25, 0.3) is 0 Å². The summed E-state index contributed by atoms with van der Waals surface area (Å²) in [6, 6.07) is 7.43. The van der Waals surface area contributed by atoms with Crippen LogP contribution in [0.5, 0.6) is 5.75 Å². The van der Waals surface area contributed by atoms with Crippen molar-refractivity contribution >= 4 is 5.69 Å². The molecule has 0 saturated heterocycles. The summed E-state index contributed by atoms with van der Waals surface area (Å²) in [7, 11) is 1.60. The SMILES string of the molecule is CCn1cnnc1CNc1cc(OC)ccc1C#N. The molecule has 0 aliphatic rings. The first-order valence-electron chi connectivity index (χ1n) is 5.97. The monoisotopic (exact) mass is 257 g/mol. The molecule has 0 bridgehead atoms. The first-order valence-corrected chi connectivity index (χ1v) is 5.97. The molecule has 0 spiro atoms. The first kappa shape index (κ1) is 12.9. The molecular weight excluding hydrogens is 242 g/mol. The van der Waals surface area contributed by atoms with Crippen molar-refractivity contribution in [2.24, 2.45) is 0 Å². The van der Waals surface area contributed by atoms with E-state index in [1.165, 1.54) is 0 Å². The fourth-order valence-corrected chi connectivity index (χ4v) is 1.75. The van der Waals surface area contributed by atoms with Crippen LogP contribution in [0, 0.1) is 11.3 Å². The maximum Gasteiger partial charge on any atom is 0.152 e. The molecule has 1 aromatic carbocycles. The van der Waals surface area contributed by atoms with Gasteiger partial charge in [0.1, 0.15) is 18.1 Å². The van der Waals surface area contributed by atoms with Gasteiger partial charge in [-0.25, -0.2) is 0 Å². The molecule has 0 fully saturated rings. The summed E-state index contributed by atoms with van der Waals surface area (Å²) < 4.78 is 7.10. The second-order valence-corrected chi connectivity index (χ2v) is 3.91. The van der Waals surface area contributed by atoms with Crippen LogP contribution in [0.3, 0.4) is 0 Å². The van der Waals surface area contributed by atoms with E-state index in [1.54, 1.807) is 31.6 Å². The van der Waals surface area contributed by atoms with E-state index in [-0.39, 0.29) is 0 Å². The van der Waals surface area contributed by atoms with Gasteiger partial charge in [0.2, 0.25) is 0 Å². The number of rotatable bonds is 5. The number of anilines is 1. The fourth-order valence-electron chi connectivity index (χ4n) is 1.75. The van der Waals surface area contributed by atoms with Gasteiger partial charge in [0.05, 0.1) is 24.9 Å². The summed E-state index contributed by atoms with van der Waals surface area (Å²) in [5.41, 5.74) is 1.30. The molecule has 1 N–H and O–H groups in total. The standard InChI is InChI=1S/C13H15N5O/c1-3-18-9-16-17-13(18)8-15-12-6-11(19-2)5-4-10(12)7-14/h4-6,9,15H,3,8H2,1-2H3. The number of aromatic nitrogens is 3. The van der Waals surface area contributed by atoms with Gasteiger partial charge in [-0.1, -0.05) is 0 Å². The number of nitrogens with one attached hydrogen (secondary N) is 1. The molecule has 0 atom stereocenters. The van der Waals surface area contributed by atoms with Gasteiger partial charge in [0, 0.05) is 12.6 Å². The highest BCUT2D eigenvalue weighted by molar-refractivity contribution is 5.60. The molecule has 1 heterocycles. The number of aryl methyl sites for hydroxylation is 1. The van der Waals surface area contributed by atoms with E-state index >= 15 is 0 Å². The van der Waals surface area contributed by atoms with Crippen LogP contribution < -0.4 is 10.1 Å². The zero-order valence-electron chi connectivity index (χ0n) is 10.9. The highest BCUT2D eigenvalue weighted by atomic mass is 16.5. The Morgan fingerprint density at radius 1 is 1.47 bits per heavy atom. The Balaban J connectivity index is 2.17. The molecule has 2 rings (SSSR count). The molecule has 6 nitrogen and oxygen atoms in total. The highest BCUT2D eigenvalue weighted by Gasteiger charge is 2.06. The van der Waals surface area contributed by atoms with Crippen molar-refractivity contribution in [1.29, 1.82) is 5.26 Å². The number of hydrogen-bond acceptors (Lipinski definition) is 5. The molecule has 0 aliphatic heterocycles.